The van der Waals surface area contributed by atoms with E-state index < -0.39 is 4.92 Å². The van der Waals surface area contributed by atoms with E-state index in [0.717, 1.165) is 0 Å². The summed E-state index contributed by atoms with van der Waals surface area (Å²) < 4.78 is 5.36. The fourth-order valence-electron chi connectivity index (χ4n) is 1.69. The monoisotopic (exact) mass is 270 g/mol. The molecule has 0 atom stereocenters. The molecule has 0 spiro atoms. The van der Waals surface area contributed by atoms with Crippen LogP contribution in [0.3, 0.4) is 0 Å². The molecule has 2 aromatic rings. The highest BCUT2D eigenvalue weighted by Crippen LogP contribution is 2.32. The minimum Gasteiger partial charge on any atom is -0.417 e. The van der Waals surface area contributed by atoms with Gasteiger partial charge in [0.15, 0.2) is 0 Å². The molecule has 0 radical (unpaired) electrons. The Morgan fingerprint density at radius 2 is 2.10 bits per heavy atom. The number of aryl methyl sites for hydroxylation is 2. The predicted octanol–water partition coefficient (Wildman–Crippen LogP) is 2.67. The number of ether oxygens (including phenoxy) is 1. The van der Waals surface area contributed by atoms with Gasteiger partial charge in [-0.3, -0.25) is 10.1 Å². The lowest BCUT2D eigenvalue weighted by Crippen LogP contribution is -2.00. The second kappa shape index (κ2) is 5.32. The Labute approximate surface area is 114 Å². The van der Waals surface area contributed by atoms with Crippen LogP contribution < -0.4 is 4.74 Å². The van der Waals surface area contributed by atoms with Crippen molar-refractivity contribution < 1.29 is 9.66 Å². The Balaban J connectivity index is 2.46. The number of hydrogen-bond donors (Lipinski definition) is 0. The minimum absolute atomic E-state index is 0.0458. The number of rotatable bonds is 3. The fourth-order valence-corrected chi connectivity index (χ4v) is 1.69. The van der Waals surface area contributed by atoms with Crippen LogP contribution in [0.15, 0.2) is 24.3 Å². The Morgan fingerprint density at radius 3 is 2.75 bits per heavy atom. The van der Waals surface area contributed by atoms with E-state index >= 15 is 0 Å². The molecule has 20 heavy (non-hydrogen) atoms. The van der Waals surface area contributed by atoms with Crippen LogP contribution in [0.5, 0.6) is 11.8 Å². The van der Waals surface area contributed by atoms with Crippen LogP contribution in [-0.2, 0) is 0 Å². The van der Waals surface area contributed by atoms with Gasteiger partial charge in [-0.15, -0.1) is 0 Å². The lowest BCUT2D eigenvalue weighted by atomic mass is 10.2. The molecule has 7 nitrogen and oxygen atoms in total. The van der Waals surface area contributed by atoms with E-state index in [1.165, 1.54) is 12.1 Å². The first-order valence-electron chi connectivity index (χ1n) is 5.69. The molecule has 2 rings (SSSR count). The average molecular weight is 270 g/mol. The van der Waals surface area contributed by atoms with Crippen LogP contribution >= 0.6 is 0 Å². The van der Waals surface area contributed by atoms with Crippen LogP contribution in [0.1, 0.15) is 17.0 Å². The Bertz CT molecular complexity index is 722. The van der Waals surface area contributed by atoms with E-state index in [-0.39, 0.29) is 23.1 Å². The van der Waals surface area contributed by atoms with Gasteiger partial charge in [0.05, 0.1) is 4.92 Å². The quantitative estimate of drug-likeness (QED) is 0.627. The molecule has 0 bridgehead atoms. The molecule has 0 amide bonds. The molecule has 0 aliphatic carbocycles. The van der Waals surface area contributed by atoms with Crippen molar-refractivity contribution in [2.45, 2.75) is 13.8 Å². The molecular formula is C13H10N4O3. The molecule has 1 heterocycles. The summed E-state index contributed by atoms with van der Waals surface area (Å²) in [6.45, 7) is 3.29. The van der Waals surface area contributed by atoms with Crippen molar-refractivity contribution in [2.24, 2.45) is 0 Å². The molecule has 1 aromatic heterocycles. The summed E-state index contributed by atoms with van der Waals surface area (Å²) in [6.07, 6.45) is 0. The second-order valence-corrected chi connectivity index (χ2v) is 4.07. The third-order valence-corrected chi connectivity index (χ3v) is 2.53. The normalized spacial score (nSPS) is 9.85. The summed E-state index contributed by atoms with van der Waals surface area (Å²) in [5.74, 6) is 0.0458. The van der Waals surface area contributed by atoms with Crippen molar-refractivity contribution in [1.82, 2.24) is 9.97 Å². The SMILES string of the molecule is Cc1cc(C#N)nc(Oc2cccc(C)c2[N+](=O)[O-])n1. The number of aromatic nitrogens is 2. The minimum atomic E-state index is -0.522. The van der Waals surface area contributed by atoms with Gasteiger partial charge in [0.1, 0.15) is 11.8 Å². The Kier molecular flexibility index (Phi) is 3.57. The average Bonchev–Trinajstić information content (AvgIpc) is 2.37. The number of benzene rings is 1. The number of nitriles is 1. The highest BCUT2D eigenvalue weighted by atomic mass is 16.6. The summed E-state index contributed by atoms with van der Waals surface area (Å²) in [5, 5.41) is 19.9. The van der Waals surface area contributed by atoms with Gasteiger partial charge in [0.25, 0.3) is 0 Å². The highest BCUT2D eigenvalue weighted by Gasteiger charge is 2.19. The van der Waals surface area contributed by atoms with Gasteiger partial charge in [-0.25, -0.2) is 4.98 Å². The summed E-state index contributed by atoms with van der Waals surface area (Å²) in [5.41, 5.74) is 1.02. The van der Waals surface area contributed by atoms with Crippen molar-refractivity contribution in [2.75, 3.05) is 0 Å². The number of nitro benzene ring substituents is 1. The van der Waals surface area contributed by atoms with Crippen LogP contribution in [0.25, 0.3) is 0 Å². The number of nitrogens with zero attached hydrogens (tertiary/aromatic N) is 4. The summed E-state index contributed by atoms with van der Waals surface area (Å²) in [6, 6.07) is 8.00. The zero-order valence-electron chi connectivity index (χ0n) is 10.8. The van der Waals surface area contributed by atoms with E-state index in [1.807, 2.05) is 6.07 Å². The molecule has 0 aliphatic heterocycles. The summed E-state index contributed by atoms with van der Waals surface area (Å²) >= 11 is 0. The standard InChI is InChI=1S/C13H10N4O3/c1-8-4-3-5-11(12(8)17(18)19)20-13-15-9(2)6-10(7-14)16-13/h3-6H,1-2H3. The zero-order valence-corrected chi connectivity index (χ0v) is 10.8. The first kappa shape index (κ1) is 13.4. The smallest absolute Gasteiger partial charge is 0.323 e. The number of nitro groups is 1. The third-order valence-electron chi connectivity index (χ3n) is 2.53. The van der Waals surface area contributed by atoms with Gasteiger partial charge in [-0.2, -0.15) is 10.2 Å². The van der Waals surface area contributed by atoms with Gasteiger partial charge in [-0.05, 0) is 26.0 Å². The largest absolute Gasteiger partial charge is 0.417 e. The number of para-hydroxylation sites is 1. The van der Waals surface area contributed by atoms with Crippen molar-refractivity contribution in [3.05, 3.63) is 51.3 Å². The maximum atomic E-state index is 11.1. The third kappa shape index (κ3) is 2.70. The molecule has 100 valence electrons. The van der Waals surface area contributed by atoms with E-state index in [1.54, 1.807) is 26.0 Å². The Morgan fingerprint density at radius 1 is 1.35 bits per heavy atom. The van der Waals surface area contributed by atoms with E-state index in [2.05, 4.69) is 9.97 Å². The molecule has 0 saturated carbocycles. The van der Waals surface area contributed by atoms with Gasteiger partial charge >= 0.3 is 11.7 Å². The molecular weight excluding hydrogens is 260 g/mol. The maximum absolute atomic E-state index is 11.1. The summed E-state index contributed by atoms with van der Waals surface area (Å²) in [7, 11) is 0. The molecule has 0 N–H and O–H groups in total. The van der Waals surface area contributed by atoms with Crippen molar-refractivity contribution in [3.63, 3.8) is 0 Å². The van der Waals surface area contributed by atoms with Gasteiger partial charge in [-0.1, -0.05) is 12.1 Å². The molecule has 0 unspecified atom stereocenters. The van der Waals surface area contributed by atoms with Crippen LogP contribution in [-0.4, -0.2) is 14.9 Å². The molecule has 0 saturated heterocycles. The van der Waals surface area contributed by atoms with Crippen molar-refractivity contribution in [1.29, 1.82) is 5.26 Å². The first-order valence-corrected chi connectivity index (χ1v) is 5.69. The zero-order chi connectivity index (χ0) is 14.7. The molecule has 1 aromatic carbocycles. The highest BCUT2D eigenvalue weighted by molar-refractivity contribution is 5.52. The lowest BCUT2D eigenvalue weighted by molar-refractivity contribution is -0.386. The summed E-state index contributed by atoms with van der Waals surface area (Å²) in [4.78, 5) is 18.4. The van der Waals surface area contributed by atoms with E-state index in [9.17, 15) is 10.1 Å². The number of hydrogen-bond acceptors (Lipinski definition) is 6. The predicted molar refractivity (Wildman–Crippen MR) is 69.4 cm³/mol. The van der Waals surface area contributed by atoms with E-state index in [0.29, 0.717) is 11.3 Å². The van der Waals surface area contributed by atoms with E-state index in [4.69, 9.17) is 10.00 Å². The molecule has 0 fully saturated rings. The lowest BCUT2D eigenvalue weighted by Gasteiger charge is -2.06. The fraction of sp³-hybridized carbons (Fsp3) is 0.154. The van der Waals surface area contributed by atoms with Crippen LogP contribution in [0.4, 0.5) is 5.69 Å². The molecule has 7 heteroatoms. The second-order valence-electron chi connectivity index (χ2n) is 4.07. The van der Waals surface area contributed by atoms with Gasteiger partial charge < -0.3 is 4.74 Å². The van der Waals surface area contributed by atoms with Gasteiger partial charge in [0, 0.05) is 11.3 Å². The van der Waals surface area contributed by atoms with Crippen LogP contribution in [0, 0.1) is 35.3 Å². The van der Waals surface area contributed by atoms with Crippen LogP contribution in [0.2, 0.25) is 0 Å². The van der Waals surface area contributed by atoms with Crippen molar-refractivity contribution >= 4 is 5.69 Å². The van der Waals surface area contributed by atoms with Crippen molar-refractivity contribution in [3.8, 4) is 17.8 Å². The maximum Gasteiger partial charge on any atom is 0.323 e. The molecule has 0 aliphatic rings. The van der Waals surface area contributed by atoms with Gasteiger partial charge in [0.2, 0.25) is 5.75 Å². The topological polar surface area (TPSA) is 102 Å². The Hall–Kier alpha value is -3.01. The first-order chi connectivity index (χ1) is 9.51.